The first-order valence-electron chi connectivity index (χ1n) is 7.82. The van der Waals surface area contributed by atoms with E-state index in [4.69, 9.17) is 4.74 Å². The lowest BCUT2D eigenvalue weighted by atomic mass is 10.1. The molecule has 0 spiro atoms. The van der Waals surface area contributed by atoms with E-state index in [1.807, 2.05) is 19.1 Å². The average Bonchev–Trinajstić information content (AvgIpc) is 2.33. The molecule has 1 aliphatic heterocycles. The molecule has 0 unspecified atom stereocenters. The maximum absolute atomic E-state index is 5.87. The van der Waals surface area contributed by atoms with Crippen molar-refractivity contribution >= 4 is 0 Å². The third-order valence-electron chi connectivity index (χ3n) is 3.48. The molecule has 0 aromatic carbocycles. The molecule has 0 aromatic rings. The van der Waals surface area contributed by atoms with Crippen LogP contribution in [0.1, 0.15) is 39.5 Å². The Kier molecular flexibility index (Phi) is 8.62. The van der Waals surface area contributed by atoms with Crippen LogP contribution < -0.4 is 5.43 Å². The normalized spacial score (nSPS) is 21.5. The van der Waals surface area contributed by atoms with Gasteiger partial charge in [-0.25, -0.2) is 0 Å². The summed E-state index contributed by atoms with van der Waals surface area (Å²) in [6.45, 7) is 10.0. The van der Waals surface area contributed by atoms with Crippen molar-refractivity contribution in [1.29, 1.82) is 0 Å². The van der Waals surface area contributed by atoms with Crippen molar-refractivity contribution < 1.29 is 4.74 Å². The van der Waals surface area contributed by atoms with Crippen LogP contribution in [0.3, 0.4) is 0 Å². The van der Waals surface area contributed by atoms with E-state index in [0.29, 0.717) is 6.10 Å². The fourth-order valence-electron chi connectivity index (χ4n) is 2.61. The predicted molar refractivity (Wildman–Crippen MR) is 81.2 cm³/mol. The smallest absolute Gasteiger partial charge is 0.0702 e. The van der Waals surface area contributed by atoms with Crippen molar-refractivity contribution in [3.8, 4) is 0 Å². The highest BCUT2D eigenvalue weighted by molar-refractivity contribution is 4.72. The summed E-state index contributed by atoms with van der Waals surface area (Å²) in [6.07, 6.45) is 5.52. The van der Waals surface area contributed by atoms with Crippen molar-refractivity contribution in [3.63, 3.8) is 0 Å². The van der Waals surface area contributed by atoms with Crippen LogP contribution in [0.15, 0.2) is 0 Å². The second-order valence-corrected chi connectivity index (χ2v) is 6.30. The lowest BCUT2D eigenvalue weighted by Crippen LogP contribution is -2.43. The number of nitrogens with zero attached hydrogens (tertiary/aromatic N) is 2. The van der Waals surface area contributed by atoms with Crippen LogP contribution in [0, 0.1) is 5.92 Å². The Morgan fingerprint density at radius 3 is 2.74 bits per heavy atom. The van der Waals surface area contributed by atoms with Gasteiger partial charge in [0.05, 0.1) is 12.7 Å². The summed E-state index contributed by atoms with van der Waals surface area (Å²) in [6, 6.07) is 0. The van der Waals surface area contributed by atoms with Crippen molar-refractivity contribution in [1.82, 2.24) is 15.3 Å². The monoisotopic (exact) mass is 271 g/mol. The number of hydrogen-bond acceptors (Lipinski definition) is 4. The lowest BCUT2D eigenvalue weighted by Gasteiger charge is -2.34. The fourth-order valence-corrected chi connectivity index (χ4v) is 2.61. The van der Waals surface area contributed by atoms with Gasteiger partial charge < -0.3 is 4.74 Å². The molecule has 0 amide bonds. The van der Waals surface area contributed by atoms with E-state index in [1.165, 1.54) is 32.2 Å². The second-order valence-electron chi connectivity index (χ2n) is 6.30. The SMILES string of the molecule is CC(C)CN1CCO[C@@H](CCCCCNN(C)C)C1. The Morgan fingerprint density at radius 1 is 1.26 bits per heavy atom. The molecule has 1 rings (SSSR count). The van der Waals surface area contributed by atoms with E-state index >= 15 is 0 Å². The minimum absolute atomic E-state index is 0.467. The highest BCUT2D eigenvalue weighted by Gasteiger charge is 2.20. The molecule has 0 radical (unpaired) electrons. The molecule has 0 aliphatic carbocycles. The summed E-state index contributed by atoms with van der Waals surface area (Å²) in [5, 5.41) is 2.02. The molecule has 4 nitrogen and oxygen atoms in total. The highest BCUT2D eigenvalue weighted by Crippen LogP contribution is 2.13. The fraction of sp³-hybridized carbons (Fsp3) is 1.00. The molecule has 0 bridgehead atoms. The highest BCUT2D eigenvalue weighted by atomic mass is 16.5. The Balaban J connectivity index is 2.02. The van der Waals surface area contributed by atoms with Gasteiger partial charge >= 0.3 is 0 Å². The molecule has 4 heteroatoms. The summed E-state index contributed by atoms with van der Waals surface area (Å²) in [7, 11) is 4.08. The Morgan fingerprint density at radius 2 is 2.05 bits per heavy atom. The number of unbranched alkanes of at least 4 members (excludes halogenated alkanes) is 2. The van der Waals surface area contributed by atoms with Gasteiger partial charge in [-0.05, 0) is 18.8 Å². The van der Waals surface area contributed by atoms with Crippen molar-refractivity contribution in [2.75, 3.05) is 46.9 Å². The summed E-state index contributed by atoms with van der Waals surface area (Å²) in [5.74, 6) is 0.760. The number of hydrogen-bond donors (Lipinski definition) is 1. The van der Waals surface area contributed by atoms with Gasteiger partial charge in [-0.1, -0.05) is 26.7 Å². The lowest BCUT2D eigenvalue weighted by molar-refractivity contribution is -0.0360. The van der Waals surface area contributed by atoms with Crippen LogP contribution in [0.4, 0.5) is 0 Å². The molecule has 0 saturated carbocycles. The first-order chi connectivity index (χ1) is 9.08. The van der Waals surface area contributed by atoms with Crippen LogP contribution in [0.2, 0.25) is 0 Å². The van der Waals surface area contributed by atoms with Crippen LogP contribution in [-0.4, -0.2) is 62.9 Å². The van der Waals surface area contributed by atoms with Gasteiger partial charge in [0.15, 0.2) is 0 Å². The van der Waals surface area contributed by atoms with Crippen LogP contribution in [0.25, 0.3) is 0 Å². The molecule has 19 heavy (non-hydrogen) atoms. The van der Waals surface area contributed by atoms with E-state index in [2.05, 4.69) is 24.2 Å². The number of morpholine rings is 1. The van der Waals surface area contributed by atoms with Gasteiger partial charge in [-0.2, -0.15) is 0 Å². The van der Waals surface area contributed by atoms with Crippen LogP contribution >= 0.6 is 0 Å². The molecule has 1 aliphatic rings. The first kappa shape index (κ1) is 16.9. The van der Waals surface area contributed by atoms with Crippen LogP contribution in [-0.2, 0) is 4.74 Å². The van der Waals surface area contributed by atoms with Gasteiger partial charge in [-0.3, -0.25) is 15.3 Å². The van der Waals surface area contributed by atoms with Crippen molar-refractivity contribution in [3.05, 3.63) is 0 Å². The van der Waals surface area contributed by atoms with Gasteiger partial charge in [0.2, 0.25) is 0 Å². The third kappa shape index (κ3) is 8.58. The van der Waals surface area contributed by atoms with E-state index in [0.717, 1.165) is 32.2 Å². The second kappa shape index (κ2) is 9.70. The molecular weight excluding hydrogens is 238 g/mol. The zero-order valence-corrected chi connectivity index (χ0v) is 13.3. The van der Waals surface area contributed by atoms with E-state index in [-0.39, 0.29) is 0 Å². The number of rotatable bonds is 9. The van der Waals surface area contributed by atoms with Gasteiger partial charge in [0, 0.05) is 40.3 Å². The first-order valence-corrected chi connectivity index (χ1v) is 7.82. The molecule has 1 atom stereocenters. The third-order valence-corrected chi connectivity index (χ3v) is 3.48. The summed E-state index contributed by atoms with van der Waals surface area (Å²) >= 11 is 0. The Bertz CT molecular complexity index is 221. The van der Waals surface area contributed by atoms with Gasteiger partial charge in [0.1, 0.15) is 0 Å². The zero-order valence-electron chi connectivity index (χ0n) is 13.3. The largest absolute Gasteiger partial charge is 0.376 e. The van der Waals surface area contributed by atoms with E-state index in [9.17, 15) is 0 Å². The molecule has 1 fully saturated rings. The van der Waals surface area contributed by atoms with Crippen LogP contribution in [0.5, 0.6) is 0 Å². The topological polar surface area (TPSA) is 27.7 Å². The van der Waals surface area contributed by atoms with E-state index in [1.54, 1.807) is 0 Å². The van der Waals surface area contributed by atoms with Crippen molar-refractivity contribution in [2.45, 2.75) is 45.6 Å². The minimum atomic E-state index is 0.467. The molecule has 1 heterocycles. The predicted octanol–water partition coefficient (Wildman–Crippen LogP) is 1.97. The summed E-state index contributed by atoms with van der Waals surface area (Å²) < 4.78 is 5.87. The molecular formula is C15H33N3O. The van der Waals surface area contributed by atoms with Gasteiger partial charge in [0.25, 0.3) is 0 Å². The quantitative estimate of drug-likeness (QED) is 0.512. The summed E-state index contributed by atoms with van der Waals surface area (Å²) in [4.78, 5) is 2.56. The minimum Gasteiger partial charge on any atom is -0.376 e. The Labute approximate surface area is 119 Å². The molecule has 1 N–H and O–H groups in total. The molecule has 1 saturated heterocycles. The molecule has 114 valence electrons. The van der Waals surface area contributed by atoms with Gasteiger partial charge in [-0.15, -0.1) is 0 Å². The van der Waals surface area contributed by atoms with Crippen molar-refractivity contribution in [2.24, 2.45) is 5.92 Å². The number of ether oxygens (including phenoxy) is 1. The molecule has 0 aromatic heterocycles. The Hall–Kier alpha value is -0.160. The zero-order chi connectivity index (χ0) is 14.1. The maximum atomic E-state index is 5.87. The maximum Gasteiger partial charge on any atom is 0.0702 e. The standard InChI is InChI=1S/C15H33N3O/c1-14(2)12-18-10-11-19-15(13-18)8-6-5-7-9-16-17(3)4/h14-16H,5-13H2,1-4H3/t15-/m0/s1. The summed E-state index contributed by atoms with van der Waals surface area (Å²) in [5.41, 5.74) is 3.31. The van der Waals surface area contributed by atoms with E-state index < -0.39 is 0 Å². The number of nitrogens with one attached hydrogen (secondary N) is 1. The number of hydrazine groups is 1. The average molecular weight is 271 g/mol.